The Bertz CT molecular complexity index is 894. The summed E-state index contributed by atoms with van der Waals surface area (Å²) in [6.07, 6.45) is 6.95. The number of hydrogen-bond donors (Lipinski definition) is 2. The van der Waals surface area contributed by atoms with Gasteiger partial charge < -0.3 is 10.7 Å². The van der Waals surface area contributed by atoms with E-state index in [1.54, 1.807) is 0 Å². The first-order chi connectivity index (χ1) is 13.0. The Morgan fingerprint density at radius 2 is 1.63 bits per heavy atom. The third-order valence-corrected chi connectivity index (χ3v) is 5.60. The number of nitrogens with two attached hydrogens (primary N) is 1. The van der Waals surface area contributed by atoms with E-state index in [-0.39, 0.29) is 0 Å². The van der Waals surface area contributed by atoms with Gasteiger partial charge in [-0.05, 0) is 93.8 Å². The van der Waals surface area contributed by atoms with Crippen LogP contribution in [0.2, 0.25) is 0 Å². The third-order valence-electron chi connectivity index (χ3n) is 5.60. The Kier molecular flexibility index (Phi) is 6.38. The summed E-state index contributed by atoms with van der Waals surface area (Å²) < 4.78 is 0. The van der Waals surface area contributed by atoms with E-state index in [1.165, 1.54) is 62.8 Å². The van der Waals surface area contributed by atoms with E-state index < -0.39 is 0 Å². The van der Waals surface area contributed by atoms with Crippen molar-refractivity contribution < 1.29 is 0 Å². The summed E-state index contributed by atoms with van der Waals surface area (Å²) in [5.74, 6) is 0. The van der Waals surface area contributed by atoms with Crippen LogP contribution in [-0.4, -0.2) is 11.5 Å². The van der Waals surface area contributed by atoms with Crippen LogP contribution >= 0.6 is 0 Å². The minimum absolute atomic E-state index is 0.766. The van der Waals surface area contributed by atoms with Gasteiger partial charge in [-0.2, -0.15) is 0 Å². The lowest BCUT2D eigenvalue weighted by Gasteiger charge is -2.13. The van der Waals surface area contributed by atoms with Crippen molar-refractivity contribution in [3.63, 3.8) is 0 Å². The molecule has 3 aromatic rings. The fourth-order valence-corrected chi connectivity index (χ4v) is 4.32. The largest absolute Gasteiger partial charge is 0.354 e. The summed E-state index contributed by atoms with van der Waals surface area (Å²) in [5, 5.41) is 1.40. The monoisotopic (exact) mass is 362 g/mol. The molecule has 0 aliphatic rings. The van der Waals surface area contributed by atoms with Crippen molar-refractivity contribution in [1.82, 2.24) is 4.98 Å². The number of H-pyrrole nitrogens is 1. The van der Waals surface area contributed by atoms with Crippen molar-refractivity contribution >= 4 is 10.9 Å². The van der Waals surface area contributed by atoms with Gasteiger partial charge >= 0.3 is 0 Å². The molecule has 0 unspecified atom stereocenters. The summed E-state index contributed by atoms with van der Waals surface area (Å²) in [4.78, 5) is 3.76. The average molecular weight is 363 g/mol. The van der Waals surface area contributed by atoms with Crippen LogP contribution < -0.4 is 5.73 Å². The molecule has 144 valence electrons. The number of aromatic nitrogens is 1. The highest BCUT2D eigenvalue weighted by atomic mass is 14.7. The van der Waals surface area contributed by atoms with Gasteiger partial charge in [-0.15, -0.1) is 0 Å². The zero-order valence-corrected chi connectivity index (χ0v) is 17.4. The highest BCUT2D eigenvalue weighted by molar-refractivity contribution is 5.92. The minimum atomic E-state index is 0.766. The SMILES string of the molecule is CCCCc1ccc2[nH]c(-c3c(C)cc(C)cc3C)c(CCCCN)c2c1. The van der Waals surface area contributed by atoms with Gasteiger partial charge in [-0.3, -0.25) is 0 Å². The van der Waals surface area contributed by atoms with Gasteiger partial charge in [-0.25, -0.2) is 0 Å². The Labute approximate surface area is 164 Å². The van der Waals surface area contributed by atoms with E-state index in [2.05, 4.69) is 63.0 Å². The number of benzene rings is 2. The quantitative estimate of drug-likeness (QED) is 0.448. The zero-order chi connectivity index (χ0) is 19.4. The fraction of sp³-hybridized carbons (Fsp3) is 0.440. The third kappa shape index (κ3) is 4.27. The Hall–Kier alpha value is -2.06. The van der Waals surface area contributed by atoms with E-state index in [1.807, 2.05) is 0 Å². The van der Waals surface area contributed by atoms with Gasteiger partial charge in [0.2, 0.25) is 0 Å². The second kappa shape index (κ2) is 8.75. The number of aryl methyl sites for hydroxylation is 5. The van der Waals surface area contributed by atoms with Crippen LogP contribution in [0.5, 0.6) is 0 Å². The second-order valence-corrected chi connectivity index (χ2v) is 7.98. The Balaban J connectivity index is 2.14. The van der Waals surface area contributed by atoms with Crippen molar-refractivity contribution in [2.75, 3.05) is 6.54 Å². The van der Waals surface area contributed by atoms with Gasteiger partial charge in [0, 0.05) is 16.5 Å². The number of fused-ring (bicyclic) bond motifs is 1. The topological polar surface area (TPSA) is 41.8 Å². The molecule has 1 aromatic heterocycles. The maximum absolute atomic E-state index is 5.77. The summed E-state index contributed by atoms with van der Waals surface area (Å²) in [5.41, 5.74) is 16.7. The van der Waals surface area contributed by atoms with E-state index in [0.717, 1.165) is 32.2 Å². The number of aromatic amines is 1. The molecule has 2 nitrogen and oxygen atoms in total. The highest BCUT2D eigenvalue weighted by Crippen LogP contribution is 2.36. The molecule has 2 aromatic carbocycles. The normalized spacial score (nSPS) is 11.4. The first kappa shape index (κ1) is 19.7. The average Bonchev–Trinajstić information content (AvgIpc) is 2.97. The summed E-state index contributed by atoms with van der Waals surface area (Å²) in [6, 6.07) is 11.6. The molecule has 3 N–H and O–H groups in total. The minimum Gasteiger partial charge on any atom is -0.354 e. The van der Waals surface area contributed by atoms with Gasteiger partial charge in [0.05, 0.1) is 5.69 Å². The number of hydrogen-bond acceptors (Lipinski definition) is 1. The van der Waals surface area contributed by atoms with E-state index in [4.69, 9.17) is 5.73 Å². The molecule has 3 rings (SSSR count). The van der Waals surface area contributed by atoms with Crippen LogP contribution in [0.1, 0.15) is 60.4 Å². The van der Waals surface area contributed by atoms with Crippen LogP contribution in [-0.2, 0) is 12.8 Å². The first-order valence-corrected chi connectivity index (χ1v) is 10.5. The van der Waals surface area contributed by atoms with Crippen molar-refractivity contribution in [3.05, 3.63) is 58.1 Å². The molecule has 0 amide bonds. The van der Waals surface area contributed by atoms with Gasteiger partial charge in [-0.1, -0.05) is 37.1 Å². The van der Waals surface area contributed by atoms with Crippen molar-refractivity contribution in [2.24, 2.45) is 5.73 Å². The molecule has 0 fully saturated rings. The molecule has 27 heavy (non-hydrogen) atoms. The van der Waals surface area contributed by atoms with Crippen LogP contribution in [0, 0.1) is 20.8 Å². The molecule has 0 atom stereocenters. The predicted molar refractivity (Wildman–Crippen MR) is 119 cm³/mol. The lowest BCUT2D eigenvalue weighted by atomic mass is 9.92. The molecule has 0 aliphatic heterocycles. The first-order valence-electron chi connectivity index (χ1n) is 10.5. The molecule has 0 bridgehead atoms. The van der Waals surface area contributed by atoms with Gasteiger partial charge in [0.1, 0.15) is 0 Å². The van der Waals surface area contributed by atoms with Crippen LogP contribution in [0.15, 0.2) is 30.3 Å². The summed E-state index contributed by atoms with van der Waals surface area (Å²) in [7, 11) is 0. The van der Waals surface area contributed by atoms with Crippen LogP contribution in [0.3, 0.4) is 0 Å². The maximum atomic E-state index is 5.77. The van der Waals surface area contributed by atoms with Crippen molar-refractivity contribution in [1.29, 1.82) is 0 Å². The standard InChI is InChI=1S/C25H34N2/c1-5-6-9-20-11-12-23-22(16-20)21(10-7-8-13-26)25(27-23)24-18(3)14-17(2)15-19(24)4/h11-12,14-16,27H,5-10,13,26H2,1-4H3. The molecular formula is C25H34N2. The second-order valence-electron chi connectivity index (χ2n) is 7.98. The number of rotatable bonds is 8. The highest BCUT2D eigenvalue weighted by Gasteiger charge is 2.17. The van der Waals surface area contributed by atoms with Crippen molar-refractivity contribution in [2.45, 2.75) is 66.2 Å². The molecule has 1 heterocycles. The molecule has 0 aliphatic carbocycles. The van der Waals surface area contributed by atoms with Crippen molar-refractivity contribution in [3.8, 4) is 11.3 Å². The smallest absolute Gasteiger partial charge is 0.0502 e. The zero-order valence-electron chi connectivity index (χ0n) is 17.4. The lowest BCUT2D eigenvalue weighted by molar-refractivity contribution is 0.748. The Morgan fingerprint density at radius 1 is 0.889 bits per heavy atom. The fourth-order valence-electron chi connectivity index (χ4n) is 4.32. The van der Waals surface area contributed by atoms with Crippen LogP contribution in [0.4, 0.5) is 0 Å². The maximum Gasteiger partial charge on any atom is 0.0502 e. The predicted octanol–water partition coefficient (Wildman–Crippen LogP) is 6.38. The molecule has 2 heteroatoms. The summed E-state index contributed by atoms with van der Waals surface area (Å²) in [6.45, 7) is 9.67. The van der Waals surface area contributed by atoms with Gasteiger partial charge in [0.25, 0.3) is 0 Å². The van der Waals surface area contributed by atoms with E-state index >= 15 is 0 Å². The van der Waals surface area contributed by atoms with Gasteiger partial charge in [0.15, 0.2) is 0 Å². The molecule has 0 radical (unpaired) electrons. The van der Waals surface area contributed by atoms with E-state index in [0.29, 0.717) is 0 Å². The summed E-state index contributed by atoms with van der Waals surface area (Å²) >= 11 is 0. The number of nitrogens with one attached hydrogen (secondary N) is 1. The molecular weight excluding hydrogens is 328 g/mol. The van der Waals surface area contributed by atoms with E-state index in [9.17, 15) is 0 Å². The molecule has 0 spiro atoms. The lowest BCUT2D eigenvalue weighted by Crippen LogP contribution is -2.00. The number of unbranched alkanes of at least 4 members (excludes halogenated alkanes) is 2. The Morgan fingerprint density at radius 3 is 2.30 bits per heavy atom. The molecule has 0 saturated heterocycles. The molecule has 0 saturated carbocycles. The van der Waals surface area contributed by atoms with Crippen LogP contribution in [0.25, 0.3) is 22.2 Å².